The van der Waals surface area contributed by atoms with Crippen molar-refractivity contribution < 1.29 is 14.4 Å². The van der Waals surface area contributed by atoms with Crippen LogP contribution in [0.1, 0.15) is 69.1 Å². The van der Waals surface area contributed by atoms with Gasteiger partial charge in [-0.3, -0.25) is 24.3 Å². The van der Waals surface area contributed by atoms with Crippen molar-refractivity contribution in [3.8, 4) is 0 Å². The van der Waals surface area contributed by atoms with Crippen molar-refractivity contribution in [3.05, 3.63) is 53.1 Å². The van der Waals surface area contributed by atoms with Crippen LogP contribution in [0.3, 0.4) is 0 Å². The van der Waals surface area contributed by atoms with Crippen molar-refractivity contribution in [2.45, 2.75) is 45.6 Å². The van der Waals surface area contributed by atoms with Gasteiger partial charge >= 0.3 is 0 Å². The SMILES string of the molecule is Cc1c(C(N)=O)cc(C(=O)CN2CCN(C(=O)c3ccccn3)CC2)n1CC1CCCCC1. The molecule has 2 aromatic heterocycles. The first kappa shape index (κ1) is 23.2. The molecule has 1 aliphatic heterocycles. The van der Waals surface area contributed by atoms with Crippen LogP contribution in [0.25, 0.3) is 0 Å². The average Bonchev–Trinajstić information content (AvgIpc) is 3.16. The number of carbonyl (C=O) groups excluding carboxylic acids is 3. The number of rotatable bonds is 7. The monoisotopic (exact) mass is 451 g/mol. The molecule has 0 unspecified atom stereocenters. The summed E-state index contributed by atoms with van der Waals surface area (Å²) in [6.07, 6.45) is 7.64. The van der Waals surface area contributed by atoms with Gasteiger partial charge in [0.2, 0.25) is 0 Å². The molecule has 0 bridgehead atoms. The summed E-state index contributed by atoms with van der Waals surface area (Å²) >= 11 is 0. The van der Waals surface area contributed by atoms with Gasteiger partial charge < -0.3 is 15.2 Å². The van der Waals surface area contributed by atoms with E-state index in [0.29, 0.717) is 49.0 Å². The highest BCUT2D eigenvalue weighted by molar-refractivity contribution is 6.01. The smallest absolute Gasteiger partial charge is 0.272 e. The number of hydrogen-bond acceptors (Lipinski definition) is 5. The van der Waals surface area contributed by atoms with E-state index < -0.39 is 5.91 Å². The van der Waals surface area contributed by atoms with E-state index in [-0.39, 0.29) is 18.2 Å². The third-order valence-corrected chi connectivity index (χ3v) is 6.99. The van der Waals surface area contributed by atoms with E-state index in [1.54, 1.807) is 35.4 Å². The van der Waals surface area contributed by atoms with Crippen LogP contribution in [-0.4, -0.2) is 69.7 Å². The van der Waals surface area contributed by atoms with E-state index in [1.165, 1.54) is 19.3 Å². The Hall–Kier alpha value is -3.00. The van der Waals surface area contributed by atoms with Gasteiger partial charge in [0.1, 0.15) is 5.69 Å². The first-order valence-electron chi connectivity index (χ1n) is 11.9. The number of primary amides is 1. The topological polar surface area (TPSA) is 102 Å². The molecule has 2 aromatic rings. The predicted octanol–water partition coefficient (Wildman–Crippen LogP) is 2.51. The van der Waals surface area contributed by atoms with Crippen LogP contribution in [-0.2, 0) is 6.54 Å². The molecular formula is C25H33N5O3. The van der Waals surface area contributed by atoms with E-state index in [1.807, 2.05) is 11.5 Å². The number of piperazine rings is 1. The van der Waals surface area contributed by atoms with Gasteiger partial charge in [0.05, 0.1) is 17.8 Å². The third kappa shape index (κ3) is 5.33. The Balaban J connectivity index is 1.41. The number of aromatic nitrogens is 2. The molecule has 3 heterocycles. The highest BCUT2D eigenvalue weighted by atomic mass is 16.2. The summed E-state index contributed by atoms with van der Waals surface area (Å²) in [6.45, 7) is 5.24. The van der Waals surface area contributed by atoms with Gasteiger partial charge in [-0.15, -0.1) is 0 Å². The number of ketones is 1. The molecule has 1 aliphatic carbocycles. The van der Waals surface area contributed by atoms with Crippen molar-refractivity contribution >= 4 is 17.6 Å². The molecular weight excluding hydrogens is 418 g/mol. The van der Waals surface area contributed by atoms with Gasteiger partial charge in [-0.1, -0.05) is 25.3 Å². The molecule has 0 spiro atoms. The quantitative estimate of drug-likeness (QED) is 0.652. The second-order valence-electron chi connectivity index (χ2n) is 9.21. The maximum absolute atomic E-state index is 13.3. The Morgan fingerprint density at radius 2 is 1.79 bits per heavy atom. The van der Waals surface area contributed by atoms with Crippen molar-refractivity contribution in [2.24, 2.45) is 11.7 Å². The Bertz CT molecular complexity index is 1000. The number of nitrogens with two attached hydrogens (primary N) is 1. The minimum Gasteiger partial charge on any atom is -0.366 e. The van der Waals surface area contributed by atoms with E-state index in [2.05, 4.69) is 9.88 Å². The molecule has 176 valence electrons. The second kappa shape index (κ2) is 10.3. The van der Waals surface area contributed by atoms with Crippen LogP contribution < -0.4 is 5.73 Å². The Morgan fingerprint density at radius 1 is 1.06 bits per heavy atom. The highest BCUT2D eigenvalue weighted by Gasteiger charge is 2.27. The fraction of sp³-hybridized carbons (Fsp3) is 0.520. The van der Waals surface area contributed by atoms with Crippen LogP contribution in [0.4, 0.5) is 0 Å². The van der Waals surface area contributed by atoms with Gasteiger partial charge in [-0.05, 0) is 43.9 Å². The van der Waals surface area contributed by atoms with Gasteiger partial charge in [0.25, 0.3) is 11.8 Å². The number of amides is 2. The van der Waals surface area contributed by atoms with Crippen LogP contribution in [0, 0.1) is 12.8 Å². The lowest BCUT2D eigenvalue weighted by molar-refractivity contribution is 0.0617. The highest BCUT2D eigenvalue weighted by Crippen LogP contribution is 2.27. The summed E-state index contributed by atoms with van der Waals surface area (Å²) < 4.78 is 2.01. The Kier molecular flexibility index (Phi) is 7.23. The Labute approximate surface area is 194 Å². The molecule has 1 saturated carbocycles. The van der Waals surface area contributed by atoms with Gasteiger partial charge in [0, 0.05) is 44.6 Å². The summed E-state index contributed by atoms with van der Waals surface area (Å²) in [5, 5.41) is 0. The van der Waals surface area contributed by atoms with Gasteiger partial charge in [-0.25, -0.2) is 0 Å². The van der Waals surface area contributed by atoms with E-state index in [0.717, 1.165) is 25.1 Å². The molecule has 0 atom stereocenters. The lowest BCUT2D eigenvalue weighted by Crippen LogP contribution is -2.50. The van der Waals surface area contributed by atoms with Crippen LogP contribution in [0.5, 0.6) is 0 Å². The third-order valence-electron chi connectivity index (χ3n) is 6.99. The predicted molar refractivity (Wildman–Crippen MR) is 125 cm³/mol. The molecule has 1 saturated heterocycles. The lowest BCUT2D eigenvalue weighted by Gasteiger charge is -2.34. The normalized spacial score (nSPS) is 17.8. The second-order valence-corrected chi connectivity index (χ2v) is 9.21. The molecule has 2 amide bonds. The van der Waals surface area contributed by atoms with Gasteiger partial charge in [0.15, 0.2) is 5.78 Å². The fourth-order valence-corrected chi connectivity index (χ4v) is 5.03. The first-order chi connectivity index (χ1) is 15.9. The number of hydrogen-bond donors (Lipinski definition) is 1. The van der Waals surface area contributed by atoms with Crippen molar-refractivity contribution in [1.29, 1.82) is 0 Å². The molecule has 8 nitrogen and oxygen atoms in total. The van der Waals surface area contributed by atoms with Crippen LogP contribution in [0.2, 0.25) is 0 Å². The largest absolute Gasteiger partial charge is 0.366 e. The van der Waals surface area contributed by atoms with Crippen molar-refractivity contribution in [1.82, 2.24) is 19.4 Å². The van der Waals surface area contributed by atoms with Crippen molar-refractivity contribution in [2.75, 3.05) is 32.7 Å². The van der Waals surface area contributed by atoms with Crippen LogP contribution in [0.15, 0.2) is 30.5 Å². The van der Waals surface area contributed by atoms with E-state index in [4.69, 9.17) is 5.73 Å². The zero-order valence-electron chi connectivity index (χ0n) is 19.3. The van der Waals surface area contributed by atoms with E-state index >= 15 is 0 Å². The molecule has 2 aliphatic rings. The van der Waals surface area contributed by atoms with E-state index in [9.17, 15) is 14.4 Å². The number of nitrogens with zero attached hydrogens (tertiary/aromatic N) is 4. The maximum atomic E-state index is 13.3. The maximum Gasteiger partial charge on any atom is 0.272 e. The van der Waals surface area contributed by atoms with Gasteiger partial charge in [-0.2, -0.15) is 0 Å². The fourth-order valence-electron chi connectivity index (χ4n) is 5.03. The molecule has 33 heavy (non-hydrogen) atoms. The summed E-state index contributed by atoms with van der Waals surface area (Å²) in [4.78, 5) is 45.9. The van der Waals surface area contributed by atoms with Crippen LogP contribution >= 0.6 is 0 Å². The standard InChI is InChI=1S/C25H33N5O3/c1-18-20(24(26)32)15-22(30(18)16-19-7-3-2-4-8-19)23(31)17-28-11-13-29(14-12-28)25(33)21-9-5-6-10-27-21/h5-6,9-10,15,19H,2-4,7-8,11-14,16-17H2,1H3,(H2,26,32). The summed E-state index contributed by atoms with van der Waals surface area (Å²) in [7, 11) is 0. The number of pyridine rings is 1. The average molecular weight is 452 g/mol. The molecule has 0 radical (unpaired) electrons. The Morgan fingerprint density at radius 3 is 2.42 bits per heavy atom. The molecule has 2 fully saturated rings. The molecule has 8 heteroatoms. The summed E-state index contributed by atoms with van der Waals surface area (Å²) in [5.74, 6) is -0.0561. The minimum atomic E-state index is -0.495. The molecule has 4 rings (SSSR count). The molecule has 2 N–H and O–H groups in total. The van der Waals surface area contributed by atoms with Crippen molar-refractivity contribution in [3.63, 3.8) is 0 Å². The first-order valence-corrected chi connectivity index (χ1v) is 11.9. The summed E-state index contributed by atoms with van der Waals surface area (Å²) in [5.41, 5.74) is 7.81. The zero-order chi connectivity index (χ0) is 23.4. The summed E-state index contributed by atoms with van der Waals surface area (Å²) in [6, 6.07) is 6.98. The number of carbonyl (C=O) groups is 3. The minimum absolute atomic E-state index is 0.00841. The lowest BCUT2D eigenvalue weighted by atomic mass is 9.89. The number of Topliss-reactive ketones (excluding diaryl/α,β-unsaturated/α-hetero) is 1. The zero-order valence-corrected chi connectivity index (χ0v) is 19.3. The molecule has 0 aromatic carbocycles.